The van der Waals surface area contributed by atoms with Gasteiger partial charge in [-0.1, -0.05) is 0 Å². The molecule has 3 rings (SSSR count). The van der Waals surface area contributed by atoms with Gasteiger partial charge in [-0.15, -0.1) is 0 Å². The van der Waals surface area contributed by atoms with Gasteiger partial charge in [-0.3, -0.25) is 4.79 Å². The molecule has 1 saturated heterocycles. The van der Waals surface area contributed by atoms with E-state index >= 15 is 0 Å². The maximum Gasteiger partial charge on any atom is 0.417 e. The molecule has 0 spiro atoms. The van der Waals surface area contributed by atoms with Crippen molar-refractivity contribution in [3.05, 3.63) is 23.6 Å². The Bertz CT molecular complexity index is 578. The van der Waals surface area contributed by atoms with Gasteiger partial charge in [0.15, 0.2) is 11.6 Å². The van der Waals surface area contributed by atoms with Crippen molar-refractivity contribution < 1.29 is 22.4 Å². The molecule has 2 aliphatic rings. The smallest absolute Gasteiger partial charge is 0.351 e. The first-order chi connectivity index (χ1) is 10.4. The van der Waals surface area contributed by atoms with Crippen LogP contribution in [0.1, 0.15) is 18.4 Å². The van der Waals surface area contributed by atoms with Crippen LogP contribution in [0.3, 0.4) is 0 Å². The summed E-state index contributed by atoms with van der Waals surface area (Å²) < 4.78 is 51.4. The number of hydrogen-bond donors (Lipinski definition) is 0. The number of piperazine rings is 1. The zero-order chi connectivity index (χ0) is 15.9. The summed E-state index contributed by atoms with van der Waals surface area (Å²) in [6.07, 6.45) is -2.12. The van der Waals surface area contributed by atoms with Gasteiger partial charge in [-0.25, -0.2) is 9.37 Å². The standard InChI is InChI=1S/C14H15F4N3O/c15-11-7-10(14(16,17)18)8-19-12(11)20-3-5-21(6-4-20)13(22)9-1-2-9/h7-9H,1-6H2. The second kappa shape index (κ2) is 5.40. The van der Waals surface area contributed by atoms with Gasteiger partial charge >= 0.3 is 6.18 Å². The molecule has 8 heteroatoms. The second-order valence-corrected chi connectivity index (χ2v) is 5.61. The molecule has 2 fully saturated rings. The number of rotatable bonds is 2. The monoisotopic (exact) mass is 317 g/mol. The topological polar surface area (TPSA) is 36.4 Å². The van der Waals surface area contributed by atoms with Crippen LogP contribution in [-0.4, -0.2) is 42.0 Å². The first-order valence-electron chi connectivity index (χ1n) is 7.13. The highest BCUT2D eigenvalue weighted by molar-refractivity contribution is 5.81. The highest BCUT2D eigenvalue weighted by atomic mass is 19.4. The number of aromatic nitrogens is 1. The summed E-state index contributed by atoms with van der Waals surface area (Å²) in [7, 11) is 0. The highest BCUT2D eigenvalue weighted by Gasteiger charge is 2.36. The highest BCUT2D eigenvalue weighted by Crippen LogP contribution is 2.33. The fraction of sp³-hybridized carbons (Fsp3) is 0.571. The van der Waals surface area contributed by atoms with Crippen LogP contribution < -0.4 is 4.90 Å². The van der Waals surface area contributed by atoms with Gasteiger partial charge in [0.2, 0.25) is 5.91 Å². The van der Waals surface area contributed by atoms with E-state index in [1.165, 1.54) is 0 Å². The summed E-state index contributed by atoms with van der Waals surface area (Å²) in [5.41, 5.74) is -1.10. The number of pyridine rings is 1. The van der Waals surface area contributed by atoms with Crippen LogP contribution in [0.25, 0.3) is 0 Å². The largest absolute Gasteiger partial charge is 0.417 e. The third kappa shape index (κ3) is 3.00. The number of alkyl halides is 3. The van der Waals surface area contributed by atoms with Crippen molar-refractivity contribution in [1.29, 1.82) is 0 Å². The molecule has 1 amide bonds. The molecule has 0 unspecified atom stereocenters. The minimum Gasteiger partial charge on any atom is -0.351 e. The van der Waals surface area contributed by atoms with Crippen LogP contribution in [-0.2, 0) is 11.0 Å². The summed E-state index contributed by atoms with van der Waals surface area (Å²) in [6.45, 7) is 1.62. The normalized spacial score (nSPS) is 19.5. The predicted molar refractivity (Wildman–Crippen MR) is 70.7 cm³/mol. The van der Waals surface area contributed by atoms with E-state index in [0.717, 1.165) is 12.8 Å². The van der Waals surface area contributed by atoms with E-state index in [1.807, 2.05) is 0 Å². The second-order valence-electron chi connectivity index (χ2n) is 5.61. The van der Waals surface area contributed by atoms with E-state index in [1.54, 1.807) is 9.80 Å². The number of carbonyl (C=O) groups is 1. The van der Waals surface area contributed by atoms with Crippen LogP contribution in [0.5, 0.6) is 0 Å². The van der Waals surface area contributed by atoms with Crippen molar-refractivity contribution in [3.63, 3.8) is 0 Å². The quantitative estimate of drug-likeness (QED) is 0.785. The Kier molecular flexibility index (Phi) is 3.70. The first kappa shape index (κ1) is 15.1. The van der Waals surface area contributed by atoms with Crippen molar-refractivity contribution in [2.75, 3.05) is 31.1 Å². The Morgan fingerprint density at radius 2 is 1.82 bits per heavy atom. The predicted octanol–water partition coefficient (Wildman–Crippen LogP) is 2.30. The van der Waals surface area contributed by atoms with E-state index in [9.17, 15) is 22.4 Å². The number of nitrogens with zero attached hydrogens (tertiary/aromatic N) is 3. The number of amides is 1. The number of halogens is 4. The molecule has 1 aliphatic heterocycles. The summed E-state index contributed by atoms with van der Waals surface area (Å²) in [5, 5.41) is 0. The van der Waals surface area contributed by atoms with Crippen molar-refractivity contribution in [2.45, 2.75) is 19.0 Å². The Morgan fingerprint density at radius 3 is 2.32 bits per heavy atom. The van der Waals surface area contributed by atoms with E-state index < -0.39 is 17.6 Å². The minimum atomic E-state index is -4.61. The molecule has 0 radical (unpaired) electrons. The summed E-state index contributed by atoms with van der Waals surface area (Å²) >= 11 is 0. The lowest BCUT2D eigenvalue weighted by atomic mass is 10.2. The molecule has 1 aromatic heterocycles. The lowest BCUT2D eigenvalue weighted by Crippen LogP contribution is -2.49. The molecule has 0 bridgehead atoms. The average molecular weight is 317 g/mol. The third-order valence-corrected chi connectivity index (χ3v) is 3.97. The Labute approximate surface area is 124 Å². The molecule has 1 aromatic rings. The van der Waals surface area contributed by atoms with E-state index in [2.05, 4.69) is 4.98 Å². The van der Waals surface area contributed by atoms with Gasteiger partial charge in [0.25, 0.3) is 0 Å². The molecule has 0 aromatic carbocycles. The summed E-state index contributed by atoms with van der Waals surface area (Å²) in [4.78, 5) is 18.8. The van der Waals surface area contributed by atoms with Gasteiger partial charge in [0, 0.05) is 38.3 Å². The zero-order valence-electron chi connectivity index (χ0n) is 11.7. The van der Waals surface area contributed by atoms with Gasteiger partial charge in [-0.05, 0) is 18.9 Å². The molecule has 0 atom stereocenters. The Hall–Kier alpha value is -1.86. The molecule has 22 heavy (non-hydrogen) atoms. The average Bonchev–Trinajstić information content (AvgIpc) is 3.30. The Balaban J connectivity index is 1.67. The van der Waals surface area contributed by atoms with Crippen molar-refractivity contribution in [2.24, 2.45) is 5.92 Å². The van der Waals surface area contributed by atoms with E-state index in [-0.39, 0.29) is 17.6 Å². The molecule has 0 N–H and O–H groups in total. The van der Waals surface area contributed by atoms with E-state index in [0.29, 0.717) is 38.4 Å². The summed E-state index contributed by atoms with van der Waals surface area (Å²) in [6, 6.07) is 0.462. The van der Waals surface area contributed by atoms with Gasteiger partial charge < -0.3 is 9.80 Å². The zero-order valence-corrected chi connectivity index (χ0v) is 11.7. The number of anilines is 1. The molecule has 120 valence electrons. The van der Waals surface area contributed by atoms with Gasteiger partial charge in [-0.2, -0.15) is 13.2 Å². The molecular weight excluding hydrogens is 302 g/mol. The van der Waals surface area contributed by atoms with Crippen LogP contribution in [0.4, 0.5) is 23.4 Å². The lowest BCUT2D eigenvalue weighted by molar-refractivity contribution is -0.138. The number of carbonyl (C=O) groups excluding carboxylic acids is 1. The first-order valence-corrected chi connectivity index (χ1v) is 7.13. The molecular formula is C14H15F4N3O. The van der Waals surface area contributed by atoms with Gasteiger partial charge in [0.05, 0.1) is 5.56 Å². The van der Waals surface area contributed by atoms with Crippen LogP contribution in [0.2, 0.25) is 0 Å². The fourth-order valence-electron chi connectivity index (χ4n) is 2.55. The number of hydrogen-bond acceptors (Lipinski definition) is 3. The van der Waals surface area contributed by atoms with Gasteiger partial charge in [0.1, 0.15) is 0 Å². The van der Waals surface area contributed by atoms with Crippen molar-refractivity contribution in [1.82, 2.24) is 9.88 Å². The molecule has 4 nitrogen and oxygen atoms in total. The third-order valence-electron chi connectivity index (χ3n) is 3.97. The van der Waals surface area contributed by atoms with Crippen LogP contribution in [0.15, 0.2) is 12.3 Å². The van der Waals surface area contributed by atoms with Crippen molar-refractivity contribution in [3.8, 4) is 0 Å². The Morgan fingerprint density at radius 1 is 1.18 bits per heavy atom. The maximum atomic E-state index is 13.9. The maximum absolute atomic E-state index is 13.9. The fourth-order valence-corrected chi connectivity index (χ4v) is 2.55. The molecule has 2 heterocycles. The minimum absolute atomic E-state index is 0.0912. The molecule has 1 aliphatic carbocycles. The SMILES string of the molecule is O=C(C1CC1)N1CCN(c2ncc(C(F)(F)F)cc2F)CC1. The molecule has 1 saturated carbocycles. The lowest BCUT2D eigenvalue weighted by Gasteiger charge is -2.35. The van der Waals surface area contributed by atoms with E-state index in [4.69, 9.17) is 0 Å². The van der Waals surface area contributed by atoms with Crippen molar-refractivity contribution >= 4 is 11.7 Å². The summed E-state index contributed by atoms with van der Waals surface area (Å²) in [5.74, 6) is -0.823. The van der Waals surface area contributed by atoms with Crippen LogP contribution >= 0.6 is 0 Å². The van der Waals surface area contributed by atoms with Crippen LogP contribution in [0, 0.1) is 11.7 Å².